The van der Waals surface area contributed by atoms with Crippen molar-refractivity contribution in [2.75, 3.05) is 25.0 Å². The molecule has 0 aliphatic carbocycles. The largest absolute Gasteiger partial charge is 0.494 e. The van der Waals surface area contributed by atoms with Gasteiger partial charge in [-0.2, -0.15) is 0 Å². The van der Waals surface area contributed by atoms with Crippen LogP contribution in [0.1, 0.15) is 73.6 Å². The Morgan fingerprint density at radius 2 is 1.57 bits per heavy atom. The van der Waals surface area contributed by atoms with Gasteiger partial charge >= 0.3 is 0 Å². The number of hydrogen-bond acceptors (Lipinski definition) is 3. The second-order valence-electron chi connectivity index (χ2n) is 7.41. The van der Waals surface area contributed by atoms with Crippen molar-refractivity contribution in [2.24, 2.45) is 0 Å². The highest BCUT2D eigenvalue weighted by Crippen LogP contribution is 2.17. The van der Waals surface area contributed by atoms with E-state index in [1.165, 1.54) is 0 Å². The van der Waals surface area contributed by atoms with Gasteiger partial charge in [-0.3, -0.25) is 9.59 Å². The number of rotatable bonds is 12. The number of anilines is 1. The molecule has 0 unspecified atom stereocenters. The summed E-state index contributed by atoms with van der Waals surface area (Å²) in [5.74, 6) is 0.553. The number of hydrogen-bond donors (Lipinski definition) is 1. The van der Waals surface area contributed by atoms with Crippen molar-refractivity contribution in [1.82, 2.24) is 4.90 Å². The lowest BCUT2D eigenvalue weighted by molar-refractivity contribution is 0.0755. The van der Waals surface area contributed by atoms with Gasteiger partial charge in [-0.25, -0.2) is 0 Å². The normalized spacial score (nSPS) is 10.5. The zero-order valence-electron chi connectivity index (χ0n) is 18.4. The third-order valence-electron chi connectivity index (χ3n) is 4.77. The van der Waals surface area contributed by atoms with Crippen molar-refractivity contribution in [3.05, 3.63) is 59.7 Å². The summed E-state index contributed by atoms with van der Waals surface area (Å²) < 4.78 is 5.69. The first-order valence-corrected chi connectivity index (χ1v) is 11.0. The molecule has 2 aromatic carbocycles. The van der Waals surface area contributed by atoms with Crippen molar-refractivity contribution < 1.29 is 14.3 Å². The Kier molecular flexibility index (Phi) is 9.92. The molecule has 0 saturated carbocycles. The van der Waals surface area contributed by atoms with Crippen LogP contribution in [0.4, 0.5) is 5.69 Å². The number of unbranched alkanes of at least 4 members (excludes halogenated alkanes) is 2. The van der Waals surface area contributed by atoms with E-state index in [-0.39, 0.29) is 11.8 Å². The first-order valence-electron chi connectivity index (χ1n) is 11.0. The van der Waals surface area contributed by atoms with Crippen molar-refractivity contribution in [3.63, 3.8) is 0 Å². The maximum absolute atomic E-state index is 12.8. The Hall–Kier alpha value is -2.82. The van der Waals surface area contributed by atoms with E-state index in [4.69, 9.17) is 4.74 Å². The fourth-order valence-corrected chi connectivity index (χ4v) is 3.22. The van der Waals surface area contributed by atoms with E-state index in [1.54, 1.807) is 36.4 Å². The van der Waals surface area contributed by atoms with Gasteiger partial charge in [-0.05, 0) is 61.7 Å². The van der Waals surface area contributed by atoms with Gasteiger partial charge in [0.25, 0.3) is 11.8 Å². The molecule has 162 valence electrons. The van der Waals surface area contributed by atoms with Crippen LogP contribution in [0.25, 0.3) is 0 Å². The molecule has 30 heavy (non-hydrogen) atoms. The Balaban J connectivity index is 2.00. The van der Waals surface area contributed by atoms with Crippen LogP contribution >= 0.6 is 0 Å². The summed E-state index contributed by atoms with van der Waals surface area (Å²) in [6.07, 6.45) is 5.17. The fraction of sp³-hybridized carbons (Fsp3) is 0.440. The van der Waals surface area contributed by atoms with Gasteiger partial charge in [0, 0.05) is 29.9 Å². The molecule has 0 aliphatic rings. The molecule has 0 saturated heterocycles. The van der Waals surface area contributed by atoms with Crippen molar-refractivity contribution in [3.8, 4) is 5.75 Å². The van der Waals surface area contributed by atoms with Crippen LogP contribution in [-0.2, 0) is 0 Å². The van der Waals surface area contributed by atoms with E-state index in [0.717, 1.165) is 50.9 Å². The Morgan fingerprint density at radius 1 is 0.867 bits per heavy atom. The van der Waals surface area contributed by atoms with E-state index in [9.17, 15) is 9.59 Å². The van der Waals surface area contributed by atoms with E-state index in [0.29, 0.717) is 23.4 Å². The third kappa shape index (κ3) is 7.21. The van der Waals surface area contributed by atoms with Crippen LogP contribution < -0.4 is 10.1 Å². The van der Waals surface area contributed by atoms with Crippen molar-refractivity contribution >= 4 is 17.5 Å². The molecular weight excluding hydrogens is 376 g/mol. The van der Waals surface area contributed by atoms with Crippen LogP contribution in [0, 0.1) is 0 Å². The summed E-state index contributed by atoms with van der Waals surface area (Å²) in [7, 11) is 0. The molecule has 0 bridgehead atoms. The highest BCUT2D eigenvalue weighted by molar-refractivity contribution is 6.05. The second kappa shape index (κ2) is 12.7. The van der Waals surface area contributed by atoms with Crippen LogP contribution in [0.15, 0.2) is 48.5 Å². The minimum Gasteiger partial charge on any atom is -0.494 e. The molecule has 0 spiro atoms. The minimum atomic E-state index is -0.212. The summed E-state index contributed by atoms with van der Waals surface area (Å²) in [5, 5.41) is 2.89. The van der Waals surface area contributed by atoms with E-state index in [1.807, 2.05) is 17.0 Å². The number of ether oxygens (including phenoxy) is 1. The summed E-state index contributed by atoms with van der Waals surface area (Å²) in [5.41, 5.74) is 1.75. The summed E-state index contributed by atoms with van der Waals surface area (Å²) in [4.78, 5) is 27.3. The van der Waals surface area contributed by atoms with Crippen molar-refractivity contribution in [2.45, 2.75) is 52.9 Å². The van der Waals surface area contributed by atoms with Crippen LogP contribution in [-0.4, -0.2) is 36.4 Å². The second-order valence-corrected chi connectivity index (χ2v) is 7.41. The Bertz CT molecular complexity index is 796. The third-order valence-corrected chi connectivity index (χ3v) is 4.77. The summed E-state index contributed by atoms with van der Waals surface area (Å²) in [6, 6.07) is 14.3. The zero-order valence-corrected chi connectivity index (χ0v) is 18.4. The quantitative estimate of drug-likeness (QED) is 0.452. The van der Waals surface area contributed by atoms with Crippen molar-refractivity contribution in [1.29, 1.82) is 0 Å². The minimum absolute atomic E-state index is 0.000580. The molecule has 0 atom stereocenters. The molecular formula is C25H34N2O3. The topological polar surface area (TPSA) is 58.6 Å². The van der Waals surface area contributed by atoms with E-state index < -0.39 is 0 Å². The predicted molar refractivity (Wildman–Crippen MR) is 122 cm³/mol. The summed E-state index contributed by atoms with van der Waals surface area (Å²) in [6.45, 7) is 8.44. The fourth-order valence-electron chi connectivity index (χ4n) is 3.22. The lowest BCUT2D eigenvalue weighted by atomic mass is 10.1. The van der Waals surface area contributed by atoms with Gasteiger partial charge in [0.2, 0.25) is 0 Å². The van der Waals surface area contributed by atoms with Crippen LogP contribution in [0.2, 0.25) is 0 Å². The SMILES string of the molecule is CCCCCOc1ccc(C(=O)Nc2cccc(C(=O)N(CCC)CCC)c2)cc1. The van der Waals surface area contributed by atoms with Crippen LogP contribution in [0.3, 0.4) is 0 Å². The highest BCUT2D eigenvalue weighted by Gasteiger charge is 2.15. The van der Waals surface area contributed by atoms with Gasteiger partial charge in [0.15, 0.2) is 0 Å². The standard InChI is InChI=1S/C25H34N2O3/c1-4-7-8-18-30-23-14-12-20(13-15-23)24(28)26-22-11-9-10-21(19-22)25(29)27(16-5-2)17-6-3/h9-15,19H,4-8,16-18H2,1-3H3,(H,26,28). The first kappa shape index (κ1) is 23.5. The van der Waals surface area contributed by atoms with Gasteiger partial charge in [0.1, 0.15) is 5.75 Å². The van der Waals surface area contributed by atoms with E-state index >= 15 is 0 Å². The van der Waals surface area contributed by atoms with Gasteiger partial charge < -0.3 is 15.0 Å². The molecule has 0 heterocycles. The first-order chi connectivity index (χ1) is 14.6. The molecule has 0 fully saturated rings. The molecule has 0 aliphatic heterocycles. The molecule has 5 heteroatoms. The summed E-state index contributed by atoms with van der Waals surface area (Å²) >= 11 is 0. The predicted octanol–water partition coefficient (Wildman–Crippen LogP) is 5.77. The maximum atomic E-state index is 12.8. The number of nitrogens with one attached hydrogen (secondary N) is 1. The van der Waals surface area contributed by atoms with Gasteiger partial charge in [-0.15, -0.1) is 0 Å². The molecule has 1 N–H and O–H groups in total. The molecule has 2 aromatic rings. The monoisotopic (exact) mass is 410 g/mol. The van der Waals surface area contributed by atoms with Crippen LogP contribution in [0.5, 0.6) is 5.75 Å². The smallest absolute Gasteiger partial charge is 0.255 e. The molecule has 2 amide bonds. The van der Waals surface area contributed by atoms with E-state index in [2.05, 4.69) is 26.1 Å². The lowest BCUT2D eigenvalue weighted by Crippen LogP contribution is -2.32. The van der Waals surface area contributed by atoms with Gasteiger partial charge in [-0.1, -0.05) is 39.7 Å². The number of carbonyl (C=O) groups excluding carboxylic acids is 2. The number of carbonyl (C=O) groups is 2. The Morgan fingerprint density at radius 3 is 2.20 bits per heavy atom. The average molecular weight is 411 g/mol. The highest BCUT2D eigenvalue weighted by atomic mass is 16.5. The molecule has 0 radical (unpaired) electrons. The maximum Gasteiger partial charge on any atom is 0.255 e. The number of amides is 2. The average Bonchev–Trinajstić information content (AvgIpc) is 2.76. The lowest BCUT2D eigenvalue weighted by Gasteiger charge is -2.21. The zero-order chi connectivity index (χ0) is 21.8. The number of nitrogens with zero attached hydrogens (tertiary/aromatic N) is 1. The molecule has 2 rings (SSSR count). The number of benzene rings is 2. The van der Waals surface area contributed by atoms with Gasteiger partial charge in [0.05, 0.1) is 6.61 Å². The molecule has 0 aromatic heterocycles. The molecule has 5 nitrogen and oxygen atoms in total. The Labute approximate surface area is 180 Å².